The maximum Gasteiger partial charge on any atom is 0.125 e. The van der Waals surface area contributed by atoms with Crippen LogP contribution >= 0.6 is 11.6 Å². The lowest BCUT2D eigenvalue weighted by Gasteiger charge is -2.23. The third-order valence-electron chi connectivity index (χ3n) is 3.49. The fourth-order valence-electron chi connectivity index (χ4n) is 2.36. The van der Waals surface area contributed by atoms with Gasteiger partial charge in [0, 0.05) is 31.7 Å². The Hall–Kier alpha value is -0.800. The van der Waals surface area contributed by atoms with Gasteiger partial charge >= 0.3 is 0 Å². The Morgan fingerprint density at radius 2 is 2.00 bits per heavy atom. The first-order valence-electron chi connectivity index (χ1n) is 6.48. The van der Waals surface area contributed by atoms with E-state index >= 15 is 0 Å². The van der Waals surface area contributed by atoms with Gasteiger partial charge in [-0.1, -0.05) is 0 Å². The summed E-state index contributed by atoms with van der Waals surface area (Å²) in [4.78, 5) is 4.55. The molecule has 1 aliphatic rings. The smallest absolute Gasteiger partial charge is 0.125 e. The summed E-state index contributed by atoms with van der Waals surface area (Å²) in [5.41, 5.74) is 1.74. The summed E-state index contributed by atoms with van der Waals surface area (Å²) < 4.78 is 13.4. The topological polar surface area (TPSA) is 6.48 Å². The maximum absolute atomic E-state index is 13.4. The fourth-order valence-corrected chi connectivity index (χ4v) is 2.51. The SMILES string of the molecule is CN(CCN1CCCC1)c1cc(F)cc(CCl)c1. The number of benzene rings is 1. The molecule has 0 bridgehead atoms. The molecule has 1 fully saturated rings. The van der Waals surface area contributed by atoms with Crippen molar-refractivity contribution in [2.24, 2.45) is 0 Å². The number of halogens is 2. The molecule has 18 heavy (non-hydrogen) atoms. The van der Waals surface area contributed by atoms with Crippen LogP contribution < -0.4 is 4.90 Å². The van der Waals surface area contributed by atoms with Gasteiger partial charge in [-0.2, -0.15) is 0 Å². The van der Waals surface area contributed by atoms with Crippen LogP contribution in [-0.2, 0) is 5.88 Å². The number of likely N-dealkylation sites (N-methyl/N-ethyl adjacent to an activating group) is 1. The van der Waals surface area contributed by atoms with Crippen molar-refractivity contribution in [3.63, 3.8) is 0 Å². The van der Waals surface area contributed by atoms with Gasteiger partial charge in [-0.15, -0.1) is 11.6 Å². The number of nitrogens with zero attached hydrogens (tertiary/aromatic N) is 2. The third kappa shape index (κ3) is 3.59. The number of likely N-dealkylation sites (tertiary alicyclic amines) is 1. The Bertz CT molecular complexity index is 391. The number of hydrogen-bond acceptors (Lipinski definition) is 2. The molecule has 2 rings (SSSR count). The summed E-state index contributed by atoms with van der Waals surface area (Å²) in [5.74, 6) is 0.140. The molecule has 1 heterocycles. The zero-order chi connectivity index (χ0) is 13.0. The van der Waals surface area contributed by atoms with Gasteiger partial charge in [0.2, 0.25) is 0 Å². The summed E-state index contributed by atoms with van der Waals surface area (Å²) in [7, 11) is 2.00. The zero-order valence-corrected chi connectivity index (χ0v) is 11.6. The van der Waals surface area contributed by atoms with E-state index in [9.17, 15) is 4.39 Å². The number of alkyl halides is 1. The number of anilines is 1. The Morgan fingerprint density at radius 1 is 1.28 bits per heavy atom. The van der Waals surface area contributed by atoms with Crippen molar-refractivity contribution in [3.05, 3.63) is 29.6 Å². The van der Waals surface area contributed by atoms with Gasteiger partial charge in [0.05, 0.1) is 0 Å². The van der Waals surface area contributed by atoms with Gasteiger partial charge in [0.1, 0.15) is 5.82 Å². The summed E-state index contributed by atoms with van der Waals surface area (Å²) in [6.45, 7) is 4.36. The van der Waals surface area contributed by atoms with Crippen molar-refractivity contribution < 1.29 is 4.39 Å². The quantitative estimate of drug-likeness (QED) is 0.759. The minimum absolute atomic E-state index is 0.212. The molecule has 1 aliphatic heterocycles. The first-order valence-corrected chi connectivity index (χ1v) is 7.01. The van der Waals surface area contributed by atoms with E-state index < -0.39 is 0 Å². The van der Waals surface area contributed by atoms with Crippen molar-refractivity contribution in [1.29, 1.82) is 0 Å². The highest BCUT2D eigenvalue weighted by atomic mass is 35.5. The van der Waals surface area contributed by atoms with Crippen LogP contribution in [0.2, 0.25) is 0 Å². The summed E-state index contributed by atoms with van der Waals surface area (Å²) in [5, 5.41) is 0. The van der Waals surface area contributed by atoms with Crippen LogP contribution in [0.15, 0.2) is 18.2 Å². The molecule has 0 aromatic heterocycles. The number of hydrogen-bond donors (Lipinski definition) is 0. The van der Waals surface area contributed by atoms with Crippen molar-refractivity contribution in [1.82, 2.24) is 4.90 Å². The van der Waals surface area contributed by atoms with Crippen LogP contribution in [0.3, 0.4) is 0 Å². The molecule has 0 spiro atoms. The molecular weight excluding hydrogens is 251 g/mol. The second-order valence-corrected chi connectivity index (χ2v) is 5.19. The summed E-state index contributed by atoms with van der Waals surface area (Å²) in [6.07, 6.45) is 2.61. The molecule has 100 valence electrons. The van der Waals surface area contributed by atoms with E-state index in [-0.39, 0.29) is 5.82 Å². The van der Waals surface area contributed by atoms with E-state index in [1.807, 2.05) is 13.1 Å². The highest BCUT2D eigenvalue weighted by Crippen LogP contribution is 2.19. The highest BCUT2D eigenvalue weighted by molar-refractivity contribution is 6.17. The van der Waals surface area contributed by atoms with Crippen molar-refractivity contribution >= 4 is 17.3 Å². The van der Waals surface area contributed by atoms with E-state index in [0.29, 0.717) is 5.88 Å². The van der Waals surface area contributed by atoms with E-state index in [0.717, 1.165) is 24.3 Å². The molecular formula is C14H20ClFN2. The van der Waals surface area contributed by atoms with Gasteiger partial charge in [0.15, 0.2) is 0 Å². The van der Waals surface area contributed by atoms with E-state index in [1.165, 1.54) is 32.0 Å². The van der Waals surface area contributed by atoms with Gasteiger partial charge in [-0.25, -0.2) is 4.39 Å². The molecule has 2 nitrogen and oxygen atoms in total. The molecule has 0 radical (unpaired) electrons. The Kier molecular flexibility index (Phi) is 4.84. The minimum atomic E-state index is -0.212. The molecule has 1 aromatic carbocycles. The van der Waals surface area contributed by atoms with E-state index in [1.54, 1.807) is 6.07 Å². The second-order valence-electron chi connectivity index (χ2n) is 4.92. The van der Waals surface area contributed by atoms with Crippen LogP contribution in [0, 0.1) is 5.82 Å². The van der Waals surface area contributed by atoms with Gasteiger partial charge in [-0.05, 0) is 49.7 Å². The molecule has 1 aromatic rings. The van der Waals surface area contributed by atoms with Crippen LogP contribution in [0.25, 0.3) is 0 Å². The summed E-state index contributed by atoms with van der Waals surface area (Å²) in [6, 6.07) is 5.02. The molecule has 4 heteroatoms. The lowest BCUT2D eigenvalue weighted by atomic mass is 10.2. The highest BCUT2D eigenvalue weighted by Gasteiger charge is 2.12. The van der Waals surface area contributed by atoms with Crippen molar-refractivity contribution in [2.45, 2.75) is 18.7 Å². The van der Waals surface area contributed by atoms with Crippen molar-refractivity contribution in [3.8, 4) is 0 Å². The second kappa shape index (κ2) is 6.39. The van der Waals surface area contributed by atoms with Crippen LogP contribution in [-0.4, -0.2) is 38.1 Å². The van der Waals surface area contributed by atoms with E-state index in [2.05, 4.69) is 9.80 Å². The first kappa shape index (κ1) is 13.6. The zero-order valence-electron chi connectivity index (χ0n) is 10.8. The average Bonchev–Trinajstić information content (AvgIpc) is 2.88. The number of rotatable bonds is 5. The molecule has 0 amide bonds. The maximum atomic E-state index is 13.4. The predicted molar refractivity (Wildman–Crippen MR) is 74.9 cm³/mol. The van der Waals surface area contributed by atoms with Crippen molar-refractivity contribution in [2.75, 3.05) is 38.1 Å². The Morgan fingerprint density at radius 3 is 2.67 bits per heavy atom. The van der Waals surface area contributed by atoms with Gasteiger partial charge in [-0.3, -0.25) is 0 Å². The molecule has 0 unspecified atom stereocenters. The molecule has 0 saturated carbocycles. The van der Waals surface area contributed by atoms with Crippen LogP contribution in [0.1, 0.15) is 18.4 Å². The molecule has 1 saturated heterocycles. The molecule has 0 atom stereocenters. The predicted octanol–water partition coefficient (Wildman–Crippen LogP) is 3.10. The minimum Gasteiger partial charge on any atom is -0.373 e. The monoisotopic (exact) mass is 270 g/mol. The van der Waals surface area contributed by atoms with Gasteiger partial charge in [0.25, 0.3) is 0 Å². The first-order chi connectivity index (χ1) is 8.69. The van der Waals surface area contributed by atoms with Crippen LogP contribution in [0.4, 0.5) is 10.1 Å². The summed E-state index contributed by atoms with van der Waals surface area (Å²) >= 11 is 5.76. The molecule has 0 aliphatic carbocycles. The lowest BCUT2D eigenvalue weighted by molar-refractivity contribution is 0.346. The largest absolute Gasteiger partial charge is 0.373 e. The van der Waals surface area contributed by atoms with E-state index in [4.69, 9.17) is 11.6 Å². The fraction of sp³-hybridized carbons (Fsp3) is 0.571. The molecule has 0 N–H and O–H groups in total. The Labute approximate surface area is 113 Å². The average molecular weight is 271 g/mol. The lowest BCUT2D eigenvalue weighted by Crippen LogP contribution is -2.31. The third-order valence-corrected chi connectivity index (χ3v) is 3.80. The normalized spacial score (nSPS) is 16.2. The Balaban J connectivity index is 1.94. The van der Waals surface area contributed by atoms with Crippen LogP contribution in [0.5, 0.6) is 0 Å². The van der Waals surface area contributed by atoms with Gasteiger partial charge < -0.3 is 9.80 Å². The standard InChI is InChI=1S/C14H20ClFN2/c1-17(6-7-18-4-2-3-5-18)14-9-12(11-15)8-13(16)10-14/h8-10H,2-7,11H2,1H3.